The summed E-state index contributed by atoms with van der Waals surface area (Å²) in [5.74, 6) is 0.688. The number of fused-ring (bicyclic) bond motifs is 1. The first kappa shape index (κ1) is 20.9. The van der Waals surface area contributed by atoms with Crippen LogP contribution in [0.15, 0.2) is 23.7 Å². The number of hydrogen-bond acceptors (Lipinski definition) is 6. The molecule has 4 rings (SSSR count). The maximum atomic E-state index is 12.6. The molecule has 7 nitrogen and oxygen atoms in total. The number of nitrogens with zero attached hydrogens (tertiary/aromatic N) is 4. The molecular weight excluding hydrogens is 424 g/mol. The lowest BCUT2D eigenvalue weighted by Crippen LogP contribution is -2.42. The number of rotatable bonds is 3. The van der Waals surface area contributed by atoms with Crippen molar-refractivity contribution in [3.8, 4) is 17.0 Å². The van der Waals surface area contributed by atoms with Crippen molar-refractivity contribution >= 4 is 34.7 Å². The van der Waals surface area contributed by atoms with Gasteiger partial charge in [-0.3, -0.25) is 0 Å². The zero-order valence-electron chi connectivity index (χ0n) is 17.5. The van der Waals surface area contributed by atoms with Gasteiger partial charge in [0.15, 0.2) is 5.65 Å². The first-order valence-electron chi connectivity index (χ1n) is 9.91. The minimum Gasteiger partial charge on any atom is -0.481 e. The molecule has 4 heterocycles. The van der Waals surface area contributed by atoms with Crippen molar-refractivity contribution in [2.45, 2.75) is 45.1 Å². The van der Waals surface area contributed by atoms with Crippen LogP contribution in [0, 0.1) is 0 Å². The second kappa shape index (κ2) is 8.07. The van der Waals surface area contributed by atoms with Crippen LogP contribution in [0.4, 0.5) is 4.79 Å². The number of aromatic nitrogens is 3. The van der Waals surface area contributed by atoms with Gasteiger partial charge in [-0.05, 0) is 45.1 Å². The second-order valence-electron chi connectivity index (χ2n) is 8.39. The molecule has 0 N–H and O–H groups in total. The van der Waals surface area contributed by atoms with E-state index in [2.05, 4.69) is 5.10 Å². The Kier molecular flexibility index (Phi) is 5.63. The fourth-order valence-corrected chi connectivity index (χ4v) is 4.64. The Morgan fingerprint density at radius 1 is 1.33 bits per heavy atom. The highest BCUT2D eigenvalue weighted by atomic mass is 35.5. The number of halogens is 1. The van der Waals surface area contributed by atoms with Gasteiger partial charge in [-0.1, -0.05) is 11.6 Å². The normalized spacial score (nSPS) is 17.4. The predicted octanol–water partition coefficient (Wildman–Crippen LogP) is 5.23. The summed E-state index contributed by atoms with van der Waals surface area (Å²) in [5, 5.41) is 6.39. The molecule has 0 bridgehead atoms. The molecule has 1 fully saturated rings. The third-order valence-electron chi connectivity index (χ3n) is 5.07. The Morgan fingerprint density at radius 3 is 2.80 bits per heavy atom. The largest absolute Gasteiger partial charge is 0.481 e. The van der Waals surface area contributed by atoms with Gasteiger partial charge in [-0.25, -0.2) is 9.78 Å². The summed E-state index contributed by atoms with van der Waals surface area (Å²) in [6, 6.07) is 3.87. The number of carbonyl (C=O) groups is 1. The molecule has 3 aromatic rings. The molecule has 1 unspecified atom stereocenters. The summed E-state index contributed by atoms with van der Waals surface area (Å²) < 4.78 is 13.5. The first-order chi connectivity index (χ1) is 14.3. The van der Waals surface area contributed by atoms with E-state index in [0.717, 1.165) is 29.7 Å². The average Bonchev–Trinajstić information content (AvgIpc) is 3.31. The number of piperidine rings is 1. The van der Waals surface area contributed by atoms with Crippen LogP contribution in [0.1, 0.15) is 45.2 Å². The summed E-state index contributed by atoms with van der Waals surface area (Å²) in [4.78, 5) is 19.3. The van der Waals surface area contributed by atoms with Crippen molar-refractivity contribution < 1.29 is 14.3 Å². The third-order valence-corrected chi connectivity index (χ3v) is 6.24. The molecule has 1 amide bonds. The molecule has 0 aromatic carbocycles. The number of amides is 1. The monoisotopic (exact) mass is 448 g/mol. The van der Waals surface area contributed by atoms with E-state index in [1.165, 1.54) is 11.3 Å². The molecule has 0 spiro atoms. The highest BCUT2D eigenvalue weighted by Crippen LogP contribution is 2.36. The highest BCUT2D eigenvalue weighted by Gasteiger charge is 2.30. The van der Waals surface area contributed by atoms with Crippen molar-refractivity contribution in [2.24, 2.45) is 0 Å². The van der Waals surface area contributed by atoms with Gasteiger partial charge in [0, 0.05) is 36.2 Å². The van der Waals surface area contributed by atoms with Gasteiger partial charge in [-0.15, -0.1) is 11.3 Å². The van der Waals surface area contributed by atoms with Crippen molar-refractivity contribution in [2.75, 3.05) is 20.2 Å². The smallest absolute Gasteiger partial charge is 0.410 e. The van der Waals surface area contributed by atoms with Gasteiger partial charge >= 0.3 is 6.09 Å². The van der Waals surface area contributed by atoms with Gasteiger partial charge in [0.1, 0.15) is 9.94 Å². The van der Waals surface area contributed by atoms with Crippen LogP contribution in [0.5, 0.6) is 5.88 Å². The van der Waals surface area contributed by atoms with Crippen molar-refractivity contribution in [1.29, 1.82) is 0 Å². The number of ether oxygens (including phenoxy) is 2. The Balaban J connectivity index is 1.68. The summed E-state index contributed by atoms with van der Waals surface area (Å²) in [5.41, 5.74) is 2.82. The molecule has 0 aliphatic carbocycles. The van der Waals surface area contributed by atoms with Crippen LogP contribution < -0.4 is 4.74 Å². The Morgan fingerprint density at radius 2 is 2.13 bits per heavy atom. The SMILES string of the molecule is COc1cc(C2CCCN(C(=O)OC(C)(C)C)C2)nc2c(-c3ccsc3Cl)cnn12. The van der Waals surface area contributed by atoms with E-state index in [1.54, 1.807) is 22.7 Å². The first-order valence-corrected chi connectivity index (χ1v) is 11.2. The van der Waals surface area contributed by atoms with E-state index in [4.69, 9.17) is 26.1 Å². The minimum atomic E-state index is -0.517. The second-order valence-corrected chi connectivity index (χ2v) is 9.91. The average molecular weight is 449 g/mol. The van der Waals surface area contributed by atoms with E-state index < -0.39 is 5.60 Å². The molecule has 30 heavy (non-hydrogen) atoms. The van der Waals surface area contributed by atoms with Gasteiger partial charge < -0.3 is 14.4 Å². The van der Waals surface area contributed by atoms with Gasteiger partial charge in [0.05, 0.1) is 19.0 Å². The molecule has 1 saturated heterocycles. The maximum absolute atomic E-state index is 12.6. The lowest BCUT2D eigenvalue weighted by atomic mass is 9.94. The molecule has 3 aromatic heterocycles. The minimum absolute atomic E-state index is 0.0888. The van der Waals surface area contributed by atoms with E-state index in [-0.39, 0.29) is 12.0 Å². The topological polar surface area (TPSA) is 69.0 Å². The zero-order valence-corrected chi connectivity index (χ0v) is 19.1. The van der Waals surface area contributed by atoms with Gasteiger partial charge in [0.2, 0.25) is 5.88 Å². The molecule has 1 atom stereocenters. The van der Waals surface area contributed by atoms with Crippen LogP contribution in [-0.2, 0) is 4.74 Å². The van der Waals surface area contributed by atoms with Gasteiger partial charge in [0.25, 0.3) is 0 Å². The van der Waals surface area contributed by atoms with E-state index >= 15 is 0 Å². The van der Waals surface area contributed by atoms with Crippen molar-refractivity contribution in [3.63, 3.8) is 0 Å². The molecule has 0 saturated carbocycles. The van der Waals surface area contributed by atoms with Crippen molar-refractivity contribution in [1.82, 2.24) is 19.5 Å². The summed E-state index contributed by atoms with van der Waals surface area (Å²) in [7, 11) is 1.62. The molecular formula is C21H25ClN4O3S. The zero-order chi connectivity index (χ0) is 21.5. The fraction of sp³-hybridized carbons (Fsp3) is 0.476. The maximum Gasteiger partial charge on any atom is 0.410 e. The van der Waals surface area contributed by atoms with Crippen molar-refractivity contribution in [3.05, 3.63) is 33.7 Å². The van der Waals surface area contributed by atoms with Gasteiger partial charge in [-0.2, -0.15) is 9.61 Å². The van der Waals surface area contributed by atoms with E-state index in [9.17, 15) is 4.79 Å². The third kappa shape index (κ3) is 4.11. The highest BCUT2D eigenvalue weighted by molar-refractivity contribution is 7.15. The number of hydrogen-bond donors (Lipinski definition) is 0. The molecule has 1 aliphatic rings. The van der Waals surface area contributed by atoms with Crippen LogP contribution >= 0.6 is 22.9 Å². The van der Waals surface area contributed by atoms with Crippen LogP contribution in [0.25, 0.3) is 16.8 Å². The number of methoxy groups -OCH3 is 1. The van der Waals surface area contributed by atoms with Crippen LogP contribution in [0.2, 0.25) is 4.34 Å². The molecule has 160 valence electrons. The van der Waals surface area contributed by atoms with E-state index in [0.29, 0.717) is 29.0 Å². The number of thiophene rings is 1. The summed E-state index contributed by atoms with van der Waals surface area (Å²) in [6.07, 6.45) is 3.31. The summed E-state index contributed by atoms with van der Waals surface area (Å²) in [6.45, 7) is 6.88. The Bertz CT molecular complexity index is 1070. The molecule has 0 radical (unpaired) electrons. The Labute approximate surface area is 184 Å². The quantitative estimate of drug-likeness (QED) is 0.548. The number of likely N-dealkylation sites (tertiary alicyclic amines) is 1. The van der Waals surface area contributed by atoms with Crippen LogP contribution in [-0.4, -0.2) is 51.4 Å². The molecule has 9 heteroatoms. The molecule has 1 aliphatic heterocycles. The van der Waals surface area contributed by atoms with E-state index in [1.807, 2.05) is 38.3 Å². The fourth-order valence-electron chi connectivity index (χ4n) is 3.69. The standard InChI is InChI=1S/C21H25ClN4O3S/c1-21(2,3)29-20(27)25-8-5-6-13(12-25)16-10-17(28-4)26-19(24-16)15(11-23-26)14-7-9-30-18(14)22/h7,9-11,13H,5-6,8,12H2,1-4H3. The lowest BCUT2D eigenvalue weighted by molar-refractivity contribution is 0.0197. The summed E-state index contributed by atoms with van der Waals surface area (Å²) >= 11 is 7.84. The lowest BCUT2D eigenvalue weighted by Gasteiger charge is -2.34. The number of carbonyl (C=O) groups excluding carboxylic acids is 1. The van der Waals surface area contributed by atoms with Crippen LogP contribution in [0.3, 0.4) is 0 Å². The predicted molar refractivity (Wildman–Crippen MR) is 118 cm³/mol. The Hall–Kier alpha value is -2.32.